The third-order valence-corrected chi connectivity index (χ3v) is 4.18. The smallest absolute Gasteiger partial charge is 0.312 e. The number of hydrogen-bond donors (Lipinski definition) is 1. The third-order valence-electron chi connectivity index (χ3n) is 4.18. The molecule has 0 radical (unpaired) electrons. The SMILES string of the molecule is COC(=O)[C@@H]1C[C@H](n2cnc3c(N)nc(F)nc32)C[C@H]1C. The van der Waals surface area contributed by atoms with Gasteiger partial charge in [0.05, 0.1) is 19.4 Å². The topological polar surface area (TPSA) is 95.9 Å². The molecule has 0 bridgehead atoms. The lowest BCUT2D eigenvalue weighted by Gasteiger charge is -2.12. The molecule has 2 aromatic rings. The Labute approximate surface area is 120 Å². The highest BCUT2D eigenvalue weighted by atomic mass is 19.1. The number of halogens is 1. The van der Waals surface area contributed by atoms with Crippen LogP contribution in [-0.2, 0) is 9.53 Å². The van der Waals surface area contributed by atoms with Crippen molar-refractivity contribution >= 4 is 23.0 Å². The fraction of sp³-hybridized carbons (Fsp3) is 0.538. The molecular weight excluding hydrogens is 277 g/mol. The molecule has 0 unspecified atom stereocenters. The Balaban J connectivity index is 1.97. The van der Waals surface area contributed by atoms with E-state index in [1.807, 2.05) is 6.92 Å². The number of ether oxygens (including phenoxy) is 1. The van der Waals surface area contributed by atoms with Gasteiger partial charge in [-0.2, -0.15) is 14.4 Å². The van der Waals surface area contributed by atoms with Crippen molar-refractivity contribution in [1.29, 1.82) is 0 Å². The fourth-order valence-corrected chi connectivity index (χ4v) is 3.10. The van der Waals surface area contributed by atoms with Crippen LogP contribution in [0.15, 0.2) is 6.33 Å². The molecule has 3 rings (SSSR count). The molecule has 2 N–H and O–H groups in total. The van der Waals surface area contributed by atoms with E-state index in [1.165, 1.54) is 7.11 Å². The van der Waals surface area contributed by atoms with Gasteiger partial charge in [0.15, 0.2) is 11.5 Å². The lowest BCUT2D eigenvalue weighted by Crippen LogP contribution is -2.18. The van der Waals surface area contributed by atoms with Gasteiger partial charge in [0, 0.05) is 6.04 Å². The molecule has 0 saturated heterocycles. The number of nitrogens with zero attached hydrogens (tertiary/aromatic N) is 4. The van der Waals surface area contributed by atoms with E-state index in [-0.39, 0.29) is 29.7 Å². The largest absolute Gasteiger partial charge is 0.469 e. The molecule has 8 heteroatoms. The summed E-state index contributed by atoms with van der Waals surface area (Å²) in [7, 11) is 1.39. The lowest BCUT2D eigenvalue weighted by atomic mass is 9.99. The molecule has 0 aromatic carbocycles. The average molecular weight is 293 g/mol. The van der Waals surface area contributed by atoms with E-state index < -0.39 is 6.08 Å². The number of anilines is 1. The van der Waals surface area contributed by atoms with Crippen LogP contribution in [0.3, 0.4) is 0 Å². The number of nitrogens with two attached hydrogens (primary N) is 1. The lowest BCUT2D eigenvalue weighted by molar-refractivity contribution is -0.146. The van der Waals surface area contributed by atoms with Crippen molar-refractivity contribution in [1.82, 2.24) is 19.5 Å². The van der Waals surface area contributed by atoms with Crippen molar-refractivity contribution < 1.29 is 13.9 Å². The number of carbonyl (C=O) groups excluding carboxylic acids is 1. The highest BCUT2D eigenvalue weighted by Gasteiger charge is 2.38. The number of hydrogen-bond acceptors (Lipinski definition) is 6. The van der Waals surface area contributed by atoms with E-state index in [0.717, 1.165) is 6.42 Å². The van der Waals surface area contributed by atoms with Gasteiger partial charge in [-0.05, 0) is 18.8 Å². The first-order valence-corrected chi connectivity index (χ1v) is 6.74. The van der Waals surface area contributed by atoms with Gasteiger partial charge in [-0.3, -0.25) is 4.79 Å². The summed E-state index contributed by atoms with van der Waals surface area (Å²) in [6.07, 6.45) is 2.09. The van der Waals surface area contributed by atoms with Crippen molar-refractivity contribution in [3.05, 3.63) is 12.4 Å². The van der Waals surface area contributed by atoms with Crippen LogP contribution < -0.4 is 5.73 Å². The summed E-state index contributed by atoms with van der Waals surface area (Å²) in [6, 6.07) is 0.0165. The van der Waals surface area contributed by atoms with Crippen molar-refractivity contribution in [2.75, 3.05) is 12.8 Å². The molecule has 1 aliphatic carbocycles. The van der Waals surface area contributed by atoms with Gasteiger partial charge in [0.1, 0.15) is 5.52 Å². The van der Waals surface area contributed by atoms with Gasteiger partial charge >= 0.3 is 12.0 Å². The number of methoxy groups -OCH3 is 1. The summed E-state index contributed by atoms with van der Waals surface area (Å²) >= 11 is 0. The Kier molecular flexibility index (Phi) is 3.23. The summed E-state index contributed by atoms with van der Waals surface area (Å²) < 4.78 is 20.0. The van der Waals surface area contributed by atoms with E-state index in [1.54, 1.807) is 10.9 Å². The molecule has 21 heavy (non-hydrogen) atoms. The summed E-state index contributed by atoms with van der Waals surface area (Å²) in [4.78, 5) is 23.2. The minimum atomic E-state index is -0.877. The van der Waals surface area contributed by atoms with Crippen LogP contribution in [0, 0.1) is 17.9 Å². The van der Waals surface area contributed by atoms with E-state index in [4.69, 9.17) is 10.5 Å². The molecule has 0 amide bonds. The Morgan fingerprint density at radius 3 is 2.95 bits per heavy atom. The van der Waals surface area contributed by atoms with E-state index >= 15 is 0 Å². The monoisotopic (exact) mass is 293 g/mol. The first kappa shape index (κ1) is 13.7. The van der Waals surface area contributed by atoms with E-state index in [0.29, 0.717) is 17.6 Å². The molecule has 1 aliphatic rings. The van der Waals surface area contributed by atoms with Crippen molar-refractivity contribution in [3.63, 3.8) is 0 Å². The zero-order chi connectivity index (χ0) is 15.1. The number of fused-ring (bicyclic) bond motifs is 1. The second kappa shape index (κ2) is 4.94. The highest BCUT2D eigenvalue weighted by molar-refractivity contribution is 5.81. The molecule has 3 atom stereocenters. The van der Waals surface area contributed by atoms with Crippen LogP contribution in [0.5, 0.6) is 0 Å². The zero-order valence-electron chi connectivity index (χ0n) is 11.8. The molecule has 2 heterocycles. The first-order chi connectivity index (χ1) is 10.0. The maximum atomic E-state index is 13.4. The number of aromatic nitrogens is 4. The number of rotatable bonds is 2. The average Bonchev–Trinajstić information content (AvgIpc) is 3.01. The van der Waals surface area contributed by atoms with Crippen LogP contribution in [-0.4, -0.2) is 32.6 Å². The van der Waals surface area contributed by atoms with Crippen LogP contribution >= 0.6 is 0 Å². The molecular formula is C13H16FN5O2. The van der Waals surface area contributed by atoms with Crippen LogP contribution in [0.25, 0.3) is 11.2 Å². The highest BCUT2D eigenvalue weighted by Crippen LogP contribution is 2.41. The van der Waals surface area contributed by atoms with Gasteiger partial charge in [-0.25, -0.2) is 4.98 Å². The molecule has 0 spiro atoms. The molecule has 112 valence electrons. The zero-order valence-corrected chi connectivity index (χ0v) is 11.8. The maximum absolute atomic E-state index is 13.4. The Bertz CT molecular complexity index is 701. The molecule has 1 fully saturated rings. The molecule has 2 aromatic heterocycles. The standard InChI is InChI=1S/C13H16FN5O2/c1-6-3-7(4-8(6)12(20)21-2)19-5-16-9-10(15)17-13(14)18-11(9)19/h5-8H,3-4H2,1-2H3,(H2,15,17,18)/t6-,7-,8-/m1/s1. The molecule has 1 saturated carbocycles. The van der Waals surface area contributed by atoms with E-state index in [9.17, 15) is 9.18 Å². The van der Waals surface area contributed by atoms with Crippen molar-refractivity contribution in [2.24, 2.45) is 11.8 Å². The molecule has 7 nitrogen and oxygen atoms in total. The number of esters is 1. The fourth-order valence-electron chi connectivity index (χ4n) is 3.10. The van der Waals surface area contributed by atoms with Crippen LogP contribution in [0.1, 0.15) is 25.8 Å². The minimum Gasteiger partial charge on any atom is -0.469 e. The van der Waals surface area contributed by atoms with Gasteiger partial charge in [0.2, 0.25) is 0 Å². The minimum absolute atomic E-state index is 0.0165. The summed E-state index contributed by atoms with van der Waals surface area (Å²) in [5.41, 5.74) is 6.40. The first-order valence-electron chi connectivity index (χ1n) is 6.74. The number of imidazole rings is 1. The Morgan fingerprint density at radius 1 is 1.48 bits per heavy atom. The van der Waals surface area contributed by atoms with E-state index in [2.05, 4.69) is 15.0 Å². The summed E-state index contributed by atoms with van der Waals surface area (Å²) in [5.74, 6) is -0.174. The van der Waals surface area contributed by atoms with Gasteiger partial charge in [-0.1, -0.05) is 6.92 Å². The predicted molar refractivity (Wildman–Crippen MR) is 72.6 cm³/mol. The quantitative estimate of drug-likeness (QED) is 0.662. The maximum Gasteiger partial charge on any atom is 0.312 e. The van der Waals surface area contributed by atoms with Crippen molar-refractivity contribution in [3.8, 4) is 0 Å². The van der Waals surface area contributed by atoms with Crippen LogP contribution in [0.2, 0.25) is 0 Å². The Morgan fingerprint density at radius 2 is 2.24 bits per heavy atom. The second-order valence-electron chi connectivity index (χ2n) is 5.43. The van der Waals surface area contributed by atoms with Crippen molar-refractivity contribution in [2.45, 2.75) is 25.8 Å². The number of nitrogen functional groups attached to an aromatic ring is 1. The summed E-state index contributed by atoms with van der Waals surface area (Å²) in [6.45, 7) is 2.00. The number of carbonyl (C=O) groups is 1. The normalized spacial score (nSPS) is 25.4. The molecule has 0 aliphatic heterocycles. The van der Waals surface area contributed by atoms with Crippen LogP contribution in [0.4, 0.5) is 10.2 Å². The Hall–Kier alpha value is -2.25. The predicted octanol–water partition coefficient (Wildman–Crippen LogP) is 1.31. The van der Waals surface area contributed by atoms with Gasteiger partial charge < -0.3 is 15.0 Å². The third kappa shape index (κ3) is 2.20. The summed E-state index contributed by atoms with van der Waals surface area (Å²) in [5, 5.41) is 0. The second-order valence-corrected chi connectivity index (χ2v) is 5.43. The van der Waals surface area contributed by atoms with Gasteiger partial charge in [0.25, 0.3) is 0 Å². The van der Waals surface area contributed by atoms with Gasteiger partial charge in [-0.15, -0.1) is 0 Å².